The lowest BCUT2D eigenvalue weighted by Gasteiger charge is -2.20. The lowest BCUT2D eigenvalue weighted by Crippen LogP contribution is -2.25. The first kappa shape index (κ1) is 18.3. The second-order valence-corrected chi connectivity index (χ2v) is 8.17. The Balaban J connectivity index is 1.72. The molecule has 2 aromatic carbocycles. The van der Waals surface area contributed by atoms with E-state index in [0.29, 0.717) is 42.9 Å². The molecule has 0 atom stereocenters. The predicted octanol–water partition coefficient (Wildman–Crippen LogP) is 2.81. The third-order valence-electron chi connectivity index (χ3n) is 4.31. The van der Waals surface area contributed by atoms with Gasteiger partial charge in [-0.25, -0.2) is 8.42 Å². The number of anilines is 2. The molecule has 138 valence electrons. The predicted molar refractivity (Wildman–Crippen MR) is 102 cm³/mol. The molecule has 0 radical (unpaired) electrons. The van der Waals surface area contributed by atoms with Crippen LogP contribution in [0.25, 0.3) is 0 Å². The lowest BCUT2D eigenvalue weighted by molar-refractivity contribution is -0.116. The van der Waals surface area contributed by atoms with Gasteiger partial charge in [0.25, 0.3) is 0 Å². The van der Waals surface area contributed by atoms with Crippen LogP contribution in [0.1, 0.15) is 18.4 Å². The number of hydrogen-bond acceptors (Lipinski definition) is 4. The summed E-state index contributed by atoms with van der Waals surface area (Å²) in [6, 6.07) is 14.8. The summed E-state index contributed by atoms with van der Waals surface area (Å²) in [5.74, 6) is 0.482. The van der Waals surface area contributed by atoms with Gasteiger partial charge in [0.05, 0.1) is 18.6 Å². The fourth-order valence-electron chi connectivity index (χ4n) is 3.00. The summed E-state index contributed by atoms with van der Waals surface area (Å²) in [5, 5.41) is 2.84. The molecule has 0 saturated carbocycles. The van der Waals surface area contributed by atoms with Gasteiger partial charge in [-0.1, -0.05) is 30.3 Å². The van der Waals surface area contributed by atoms with Gasteiger partial charge in [-0.3, -0.25) is 9.10 Å². The molecular weight excluding hydrogens is 352 g/mol. The molecule has 1 fully saturated rings. The summed E-state index contributed by atoms with van der Waals surface area (Å²) in [4.78, 5) is 12.2. The number of ether oxygens (including phenoxy) is 1. The van der Waals surface area contributed by atoms with Gasteiger partial charge in [0.15, 0.2) is 0 Å². The first-order valence-corrected chi connectivity index (χ1v) is 10.1. The second kappa shape index (κ2) is 7.78. The van der Waals surface area contributed by atoms with Crippen molar-refractivity contribution in [2.24, 2.45) is 0 Å². The number of nitrogens with one attached hydrogen (secondary N) is 1. The zero-order valence-electron chi connectivity index (χ0n) is 14.6. The van der Waals surface area contributed by atoms with Gasteiger partial charge in [-0.15, -0.1) is 0 Å². The Kier molecular flexibility index (Phi) is 5.46. The van der Waals surface area contributed by atoms with Crippen molar-refractivity contribution in [3.05, 3.63) is 54.1 Å². The Hall–Kier alpha value is -2.54. The van der Waals surface area contributed by atoms with E-state index in [9.17, 15) is 13.2 Å². The lowest BCUT2D eigenvalue weighted by atomic mass is 10.1. The minimum Gasteiger partial charge on any atom is -0.495 e. The molecule has 6 nitrogen and oxygen atoms in total. The zero-order chi connectivity index (χ0) is 18.6. The van der Waals surface area contributed by atoms with Crippen molar-refractivity contribution >= 4 is 27.3 Å². The van der Waals surface area contributed by atoms with Crippen LogP contribution in [0.4, 0.5) is 11.4 Å². The number of amides is 1. The van der Waals surface area contributed by atoms with E-state index in [1.54, 1.807) is 18.2 Å². The highest BCUT2D eigenvalue weighted by Gasteiger charge is 2.30. The molecule has 0 spiro atoms. The largest absolute Gasteiger partial charge is 0.495 e. The van der Waals surface area contributed by atoms with Gasteiger partial charge < -0.3 is 10.1 Å². The molecule has 0 unspecified atom stereocenters. The summed E-state index contributed by atoms with van der Waals surface area (Å²) < 4.78 is 31.1. The molecule has 1 aliphatic heterocycles. The topological polar surface area (TPSA) is 75.7 Å². The third-order valence-corrected chi connectivity index (χ3v) is 6.17. The van der Waals surface area contributed by atoms with Crippen LogP contribution >= 0.6 is 0 Å². The number of carbonyl (C=O) groups excluding carboxylic acids is 1. The average molecular weight is 374 g/mol. The van der Waals surface area contributed by atoms with Gasteiger partial charge in [0, 0.05) is 18.7 Å². The van der Waals surface area contributed by atoms with Crippen molar-refractivity contribution in [1.29, 1.82) is 0 Å². The van der Waals surface area contributed by atoms with Crippen molar-refractivity contribution in [3.8, 4) is 5.75 Å². The van der Waals surface area contributed by atoms with Gasteiger partial charge in [-0.05, 0) is 36.6 Å². The highest BCUT2D eigenvalue weighted by Crippen LogP contribution is 2.35. The standard InChI is InChI=1S/C19H22N2O4S/c1-25-18-10-9-16(14-17(18)21-12-5-13-26(21,23)24)20-19(22)11-8-15-6-3-2-4-7-15/h2-4,6-7,9-10,14H,5,8,11-13H2,1H3,(H,20,22). The molecule has 0 bridgehead atoms. The number of rotatable bonds is 6. The van der Waals surface area contributed by atoms with Crippen molar-refractivity contribution in [1.82, 2.24) is 0 Å². The molecule has 0 aliphatic carbocycles. The van der Waals surface area contributed by atoms with E-state index >= 15 is 0 Å². The van der Waals surface area contributed by atoms with Crippen LogP contribution in [-0.4, -0.2) is 33.7 Å². The number of hydrogen-bond donors (Lipinski definition) is 1. The molecule has 1 aliphatic rings. The maximum absolute atomic E-state index is 12.2. The smallest absolute Gasteiger partial charge is 0.235 e. The summed E-state index contributed by atoms with van der Waals surface area (Å²) in [5.41, 5.74) is 2.12. The van der Waals surface area contributed by atoms with Crippen molar-refractivity contribution in [2.75, 3.05) is 29.0 Å². The van der Waals surface area contributed by atoms with Gasteiger partial charge in [-0.2, -0.15) is 0 Å². The Morgan fingerprint density at radius 1 is 1.19 bits per heavy atom. The van der Waals surface area contributed by atoms with E-state index in [1.165, 1.54) is 11.4 Å². The number of methoxy groups -OCH3 is 1. The molecule has 1 N–H and O–H groups in total. The highest BCUT2D eigenvalue weighted by molar-refractivity contribution is 7.93. The molecule has 7 heteroatoms. The van der Waals surface area contributed by atoms with E-state index in [4.69, 9.17) is 4.74 Å². The van der Waals surface area contributed by atoms with E-state index < -0.39 is 10.0 Å². The van der Waals surface area contributed by atoms with E-state index in [0.717, 1.165) is 5.56 Å². The van der Waals surface area contributed by atoms with Crippen LogP contribution in [0.5, 0.6) is 5.75 Å². The summed E-state index contributed by atoms with van der Waals surface area (Å²) in [6.45, 7) is 0.421. The molecule has 2 aromatic rings. The van der Waals surface area contributed by atoms with Gasteiger partial charge in [0.2, 0.25) is 15.9 Å². The van der Waals surface area contributed by atoms with E-state index in [2.05, 4.69) is 5.32 Å². The normalized spacial score (nSPS) is 15.7. The number of benzene rings is 2. The van der Waals surface area contributed by atoms with Crippen LogP contribution in [0.2, 0.25) is 0 Å². The van der Waals surface area contributed by atoms with E-state index in [-0.39, 0.29) is 11.7 Å². The minimum atomic E-state index is -3.32. The Bertz CT molecular complexity index is 882. The SMILES string of the molecule is COc1ccc(NC(=O)CCc2ccccc2)cc1N1CCCS1(=O)=O. The van der Waals surface area contributed by atoms with Crippen molar-refractivity contribution in [3.63, 3.8) is 0 Å². The quantitative estimate of drug-likeness (QED) is 0.844. The Morgan fingerprint density at radius 3 is 2.62 bits per heavy atom. The highest BCUT2D eigenvalue weighted by atomic mass is 32.2. The summed E-state index contributed by atoms with van der Waals surface area (Å²) in [6.07, 6.45) is 1.59. The summed E-state index contributed by atoms with van der Waals surface area (Å²) >= 11 is 0. The second-order valence-electron chi connectivity index (χ2n) is 6.16. The van der Waals surface area contributed by atoms with Gasteiger partial charge in [0.1, 0.15) is 5.75 Å². The van der Waals surface area contributed by atoms with Crippen LogP contribution in [0, 0.1) is 0 Å². The Labute approximate surface area is 153 Å². The van der Waals surface area contributed by atoms with E-state index in [1.807, 2.05) is 30.3 Å². The zero-order valence-corrected chi connectivity index (χ0v) is 15.5. The first-order chi connectivity index (χ1) is 12.5. The van der Waals surface area contributed by atoms with Crippen LogP contribution in [0.3, 0.4) is 0 Å². The van der Waals surface area contributed by atoms with Crippen LogP contribution in [-0.2, 0) is 21.2 Å². The maximum Gasteiger partial charge on any atom is 0.235 e. The number of carbonyl (C=O) groups is 1. The average Bonchev–Trinajstić information content (AvgIpc) is 3.00. The van der Waals surface area contributed by atoms with Crippen LogP contribution in [0.15, 0.2) is 48.5 Å². The third kappa shape index (κ3) is 4.16. The van der Waals surface area contributed by atoms with Crippen molar-refractivity contribution < 1.29 is 17.9 Å². The molecule has 1 saturated heterocycles. The fourth-order valence-corrected chi connectivity index (χ4v) is 4.56. The molecule has 1 amide bonds. The fraction of sp³-hybridized carbons (Fsp3) is 0.316. The molecule has 3 rings (SSSR count). The summed E-state index contributed by atoms with van der Waals surface area (Å²) in [7, 11) is -1.82. The Morgan fingerprint density at radius 2 is 1.96 bits per heavy atom. The molecule has 1 heterocycles. The first-order valence-electron chi connectivity index (χ1n) is 8.52. The maximum atomic E-state index is 12.2. The number of aryl methyl sites for hydroxylation is 1. The minimum absolute atomic E-state index is 0.116. The molecular formula is C19H22N2O4S. The monoisotopic (exact) mass is 374 g/mol. The number of nitrogens with zero attached hydrogens (tertiary/aromatic N) is 1. The molecule has 26 heavy (non-hydrogen) atoms. The van der Waals surface area contributed by atoms with Crippen LogP contribution < -0.4 is 14.4 Å². The van der Waals surface area contributed by atoms with Crippen molar-refractivity contribution in [2.45, 2.75) is 19.3 Å². The molecule has 0 aromatic heterocycles. The number of sulfonamides is 1. The van der Waals surface area contributed by atoms with Gasteiger partial charge >= 0.3 is 0 Å².